The Bertz CT molecular complexity index is 900. The molecule has 0 saturated heterocycles. The molecule has 0 amide bonds. The van der Waals surface area contributed by atoms with Gasteiger partial charge >= 0.3 is 6.18 Å². The molecule has 1 aliphatic carbocycles. The fraction of sp³-hybridized carbons (Fsp3) is 0.462. The van der Waals surface area contributed by atoms with E-state index in [0.717, 1.165) is 36.8 Å². The van der Waals surface area contributed by atoms with Crippen LogP contribution in [0.25, 0.3) is 11.1 Å². The maximum atomic E-state index is 14.2. The van der Waals surface area contributed by atoms with E-state index >= 15 is 0 Å². The molecule has 3 rings (SSSR count). The van der Waals surface area contributed by atoms with Crippen LogP contribution in [0.15, 0.2) is 36.4 Å². The maximum absolute atomic E-state index is 14.2. The number of rotatable bonds is 6. The van der Waals surface area contributed by atoms with Gasteiger partial charge in [0.25, 0.3) is 0 Å². The van der Waals surface area contributed by atoms with Gasteiger partial charge in [-0.05, 0) is 66.3 Å². The molecule has 31 heavy (non-hydrogen) atoms. The quantitative estimate of drug-likeness (QED) is 0.243. The lowest BCUT2D eigenvalue weighted by Crippen LogP contribution is -2.13. The van der Waals surface area contributed by atoms with Gasteiger partial charge in [-0.3, -0.25) is 0 Å². The fourth-order valence-corrected chi connectivity index (χ4v) is 4.41. The second kappa shape index (κ2) is 10.3. The standard InChI is InChI=1S/C26H27F5/c1-2-3-4-5-18-6-8-19(9-7-18)20-10-12-21(13-11-20)22-16-24(27)23(25(28)17-22)14-15-26(29,30)31/h10-13,16-19H,2-9H2,1H3. The first kappa shape index (κ1) is 23.3. The van der Waals surface area contributed by atoms with E-state index in [2.05, 4.69) is 6.92 Å². The van der Waals surface area contributed by atoms with Gasteiger partial charge in [-0.15, -0.1) is 0 Å². The topological polar surface area (TPSA) is 0 Å². The van der Waals surface area contributed by atoms with Gasteiger partial charge in [0.15, 0.2) is 0 Å². The molecule has 1 saturated carbocycles. The molecule has 1 fully saturated rings. The minimum Gasteiger partial charge on any atom is -0.205 e. The van der Waals surface area contributed by atoms with Crippen molar-refractivity contribution in [2.24, 2.45) is 5.92 Å². The molecule has 0 spiro atoms. The van der Waals surface area contributed by atoms with Crippen LogP contribution in [0.5, 0.6) is 0 Å². The Morgan fingerprint density at radius 1 is 0.871 bits per heavy atom. The average Bonchev–Trinajstić information content (AvgIpc) is 2.73. The molecule has 0 bridgehead atoms. The van der Waals surface area contributed by atoms with Crippen molar-refractivity contribution >= 4 is 0 Å². The Hall–Kier alpha value is -2.35. The summed E-state index contributed by atoms with van der Waals surface area (Å²) in [6.45, 7) is 2.22. The second-order valence-corrected chi connectivity index (χ2v) is 8.40. The van der Waals surface area contributed by atoms with Gasteiger partial charge < -0.3 is 0 Å². The number of hydrogen-bond acceptors (Lipinski definition) is 0. The van der Waals surface area contributed by atoms with Crippen LogP contribution in [0, 0.1) is 29.4 Å². The predicted octanol–water partition coefficient (Wildman–Crippen LogP) is 8.40. The van der Waals surface area contributed by atoms with Crippen molar-refractivity contribution in [2.75, 3.05) is 0 Å². The van der Waals surface area contributed by atoms with E-state index < -0.39 is 23.4 Å². The van der Waals surface area contributed by atoms with Gasteiger partial charge in [-0.25, -0.2) is 8.78 Å². The van der Waals surface area contributed by atoms with Crippen molar-refractivity contribution in [3.63, 3.8) is 0 Å². The van der Waals surface area contributed by atoms with E-state index in [0.29, 0.717) is 11.5 Å². The minimum atomic E-state index is -4.80. The van der Waals surface area contributed by atoms with Gasteiger partial charge in [0.2, 0.25) is 0 Å². The molecular formula is C26H27F5. The minimum absolute atomic E-state index is 0.277. The van der Waals surface area contributed by atoms with Gasteiger partial charge in [-0.1, -0.05) is 62.8 Å². The second-order valence-electron chi connectivity index (χ2n) is 8.40. The molecule has 2 aromatic rings. The molecule has 0 aromatic heterocycles. The molecule has 0 heterocycles. The van der Waals surface area contributed by atoms with Crippen molar-refractivity contribution in [2.45, 2.75) is 70.4 Å². The van der Waals surface area contributed by atoms with Crippen LogP contribution >= 0.6 is 0 Å². The Balaban J connectivity index is 1.67. The Morgan fingerprint density at radius 3 is 2.03 bits per heavy atom. The highest BCUT2D eigenvalue weighted by molar-refractivity contribution is 5.65. The summed E-state index contributed by atoms with van der Waals surface area (Å²) in [5, 5.41) is 0. The lowest BCUT2D eigenvalue weighted by Gasteiger charge is -2.29. The van der Waals surface area contributed by atoms with Crippen molar-refractivity contribution in [3.8, 4) is 23.0 Å². The molecule has 2 aromatic carbocycles. The zero-order chi connectivity index (χ0) is 22.4. The first-order valence-electron chi connectivity index (χ1n) is 11.0. The summed E-state index contributed by atoms with van der Waals surface area (Å²) in [6.07, 6.45) is 5.19. The smallest absolute Gasteiger partial charge is 0.205 e. The van der Waals surface area contributed by atoms with Crippen LogP contribution in [-0.2, 0) is 0 Å². The van der Waals surface area contributed by atoms with E-state index in [4.69, 9.17) is 0 Å². The van der Waals surface area contributed by atoms with Gasteiger partial charge in [0.05, 0.1) is 5.56 Å². The molecule has 0 radical (unpaired) electrons. The molecule has 0 atom stereocenters. The largest absolute Gasteiger partial charge is 0.458 e. The van der Waals surface area contributed by atoms with E-state index in [1.54, 1.807) is 5.92 Å². The predicted molar refractivity (Wildman–Crippen MR) is 114 cm³/mol. The van der Waals surface area contributed by atoms with Crippen LogP contribution in [0.1, 0.15) is 75.3 Å². The summed E-state index contributed by atoms with van der Waals surface area (Å²) in [5.74, 6) is 1.59. The fourth-order valence-electron chi connectivity index (χ4n) is 4.41. The van der Waals surface area contributed by atoms with E-state index in [9.17, 15) is 22.0 Å². The van der Waals surface area contributed by atoms with Gasteiger partial charge in [0, 0.05) is 5.92 Å². The molecule has 0 unspecified atom stereocenters. The van der Waals surface area contributed by atoms with Crippen LogP contribution in [-0.4, -0.2) is 6.18 Å². The summed E-state index contributed by atoms with van der Waals surface area (Å²) in [7, 11) is 0. The van der Waals surface area contributed by atoms with Crippen molar-refractivity contribution in [1.82, 2.24) is 0 Å². The number of benzene rings is 2. The monoisotopic (exact) mass is 434 g/mol. The number of hydrogen-bond donors (Lipinski definition) is 0. The average molecular weight is 434 g/mol. The van der Waals surface area contributed by atoms with E-state index in [1.807, 2.05) is 24.3 Å². The zero-order valence-electron chi connectivity index (χ0n) is 17.7. The van der Waals surface area contributed by atoms with Crippen molar-refractivity contribution in [3.05, 3.63) is 59.2 Å². The number of unbranched alkanes of at least 4 members (excludes halogenated alkanes) is 2. The first-order valence-corrected chi connectivity index (χ1v) is 11.0. The Labute approximate surface area is 180 Å². The third kappa shape index (κ3) is 6.56. The molecule has 0 aliphatic heterocycles. The van der Waals surface area contributed by atoms with Gasteiger partial charge in [0.1, 0.15) is 11.6 Å². The highest BCUT2D eigenvalue weighted by Gasteiger charge is 2.24. The van der Waals surface area contributed by atoms with E-state index in [-0.39, 0.29) is 5.56 Å². The first-order chi connectivity index (χ1) is 14.8. The molecule has 166 valence electrons. The summed E-state index contributed by atoms with van der Waals surface area (Å²) in [6, 6.07) is 9.67. The lowest BCUT2D eigenvalue weighted by atomic mass is 9.77. The van der Waals surface area contributed by atoms with Crippen LogP contribution in [0.2, 0.25) is 0 Å². The third-order valence-corrected chi connectivity index (χ3v) is 6.15. The summed E-state index contributed by atoms with van der Waals surface area (Å²) < 4.78 is 65.0. The SMILES string of the molecule is CCCCCC1CCC(c2ccc(-c3cc(F)c(C#CC(F)(F)F)c(F)c3)cc2)CC1. The highest BCUT2D eigenvalue weighted by atomic mass is 19.4. The number of alkyl halides is 3. The molecular weight excluding hydrogens is 407 g/mol. The maximum Gasteiger partial charge on any atom is 0.458 e. The molecule has 0 nitrogen and oxygen atoms in total. The van der Waals surface area contributed by atoms with Crippen molar-refractivity contribution in [1.29, 1.82) is 0 Å². The zero-order valence-corrected chi connectivity index (χ0v) is 17.7. The van der Waals surface area contributed by atoms with Crippen LogP contribution < -0.4 is 0 Å². The Morgan fingerprint density at radius 2 is 1.48 bits per heavy atom. The lowest BCUT2D eigenvalue weighted by molar-refractivity contribution is -0.0696. The van der Waals surface area contributed by atoms with Crippen LogP contribution in [0.3, 0.4) is 0 Å². The Kier molecular flexibility index (Phi) is 7.75. The molecule has 0 N–H and O–H groups in total. The molecule has 1 aliphatic rings. The van der Waals surface area contributed by atoms with Crippen molar-refractivity contribution < 1.29 is 22.0 Å². The normalized spacial score (nSPS) is 19.0. The number of halogens is 5. The summed E-state index contributed by atoms with van der Waals surface area (Å²) in [4.78, 5) is 0. The summed E-state index contributed by atoms with van der Waals surface area (Å²) in [5.41, 5.74) is 1.25. The van der Waals surface area contributed by atoms with Crippen LogP contribution in [0.4, 0.5) is 22.0 Å². The molecule has 5 heteroatoms. The third-order valence-electron chi connectivity index (χ3n) is 6.15. The highest BCUT2D eigenvalue weighted by Crippen LogP contribution is 2.38. The summed E-state index contributed by atoms with van der Waals surface area (Å²) >= 11 is 0. The van der Waals surface area contributed by atoms with Gasteiger partial charge in [-0.2, -0.15) is 13.2 Å². The van der Waals surface area contributed by atoms with E-state index in [1.165, 1.54) is 44.1 Å².